The lowest BCUT2D eigenvalue weighted by Gasteiger charge is -2.15. The van der Waals surface area contributed by atoms with Crippen LogP contribution in [0.15, 0.2) is 48.5 Å². The Kier molecular flexibility index (Phi) is 6.67. The van der Waals surface area contributed by atoms with E-state index in [0.717, 1.165) is 30.4 Å². The number of benzene rings is 2. The van der Waals surface area contributed by atoms with Crippen molar-refractivity contribution in [2.75, 3.05) is 6.54 Å². The van der Waals surface area contributed by atoms with Crippen LogP contribution in [0, 0.1) is 0 Å². The fraction of sp³-hybridized carbons (Fsp3) is 0.350. The summed E-state index contributed by atoms with van der Waals surface area (Å²) in [5, 5.41) is 15.1. The van der Waals surface area contributed by atoms with Gasteiger partial charge in [0.1, 0.15) is 5.75 Å². The third kappa shape index (κ3) is 5.61. The van der Waals surface area contributed by atoms with Gasteiger partial charge in [0.15, 0.2) is 0 Å². The first-order chi connectivity index (χ1) is 11.6. The van der Waals surface area contributed by atoms with E-state index in [1.54, 1.807) is 12.1 Å². The van der Waals surface area contributed by atoms with Gasteiger partial charge < -0.3 is 15.7 Å². The summed E-state index contributed by atoms with van der Waals surface area (Å²) in [6, 6.07) is 15.3. The highest BCUT2D eigenvalue weighted by Gasteiger charge is 2.08. The van der Waals surface area contributed by atoms with Crippen LogP contribution in [0.1, 0.15) is 43.0 Å². The monoisotopic (exact) mass is 326 g/mol. The van der Waals surface area contributed by atoms with Crippen LogP contribution in [-0.4, -0.2) is 17.7 Å². The van der Waals surface area contributed by atoms with Crippen molar-refractivity contribution in [1.29, 1.82) is 0 Å². The van der Waals surface area contributed by atoms with Crippen molar-refractivity contribution >= 4 is 6.03 Å². The van der Waals surface area contributed by atoms with Gasteiger partial charge >= 0.3 is 6.03 Å². The zero-order valence-electron chi connectivity index (χ0n) is 14.4. The Morgan fingerprint density at radius 1 is 1.04 bits per heavy atom. The highest BCUT2D eigenvalue weighted by molar-refractivity contribution is 5.74. The molecule has 0 aliphatic carbocycles. The molecular formula is C20H26N2O2. The smallest absolute Gasteiger partial charge is 0.315 e. The molecule has 0 saturated carbocycles. The van der Waals surface area contributed by atoms with Gasteiger partial charge in [-0.25, -0.2) is 4.79 Å². The normalized spacial score (nSPS) is 11.8. The largest absolute Gasteiger partial charge is 0.508 e. The molecule has 0 heterocycles. The summed E-state index contributed by atoms with van der Waals surface area (Å²) in [6.45, 7) is 4.73. The maximum absolute atomic E-state index is 12.0. The average Bonchev–Trinajstić information content (AvgIpc) is 2.60. The van der Waals surface area contributed by atoms with Gasteiger partial charge in [0.05, 0.1) is 6.04 Å². The van der Waals surface area contributed by atoms with E-state index in [-0.39, 0.29) is 17.8 Å². The Morgan fingerprint density at radius 2 is 1.67 bits per heavy atom. The van der Waals surface area contributed by atoms with Crippen LogP contribution in [0.4, 0.5) is 4.79 Å². The summed E-state index contributed by atoms with van der Waals surface area (Å²) in [5.74, 6) is 0.275. The van der Waals surface area contributed by atoms with E-state index in [2.05, 4.69) is 41.8 Å². The number of urea groups is 1. The van der Waals surface area contributed by atoms with Crippen molar-refractivity contribution < 1.29 is 9.90 Å². The quantitative estimate of drug-likeness (QED) is 0.675. The van der Waals surface area contributed by atoms with Crippen molar-refractivity contribution in [3.05, 3.63) is 65.2 Å². The zero-order chi connectivity index (χ0) is 17.4. The molecule has 0 bridgehead atoms. The summed E-state index contributed by atoms with van der Waals surface area (Å²) < 4.78 is 0. The van der Waals surface area contributed by atoms with E-state index in [1.165, 1.54) is 5.56 Å². The van der Waals surface area contributed by atoms with Crippen molar-refractivity contribution in [2.45, 2.75) is 39.2 Å². The number of hydrogen-bond donors (Lipinski definition) is 3. The summed E-state index contributed by atoms with van der Waals surface area (Å²) in [4.78, 5) is 12.0. The van der Waals surface area contributed by atoms with E-state index in [9.17, 15) is 9.90 Å². The Labute approximate surface area is 143 Å². The number of aryl methyl sites for hydroxylation is 2. The first kappa shape index (κ1) is 17.9. The molecule has 2 amide bonds. The van der Waals surface area contributed by atoms with Crippen LogP contribution in [0.5, 0.6) is 5.75 Å². The molecule has 0 spiro atoms. The van der Waals surface area contributed by atoms with Crippen molar-refractivity contribution in [1.82, 2.24) is 10.6 Å². The van der Waals surface area contributed by atoms with Crippen molar-refractivity contribution in [2.24, 2.45) is 0 Å². The van der Waals surface area contributed by atoms with E-state index < -0.39 is 0 Å². The lowest BCUT2D eigenvalue weighted by atomic mass is 10.1. The number of aromatic hydroxyl groups is 1. The SMILES string of the molecule is CCc1ccc(C(C)NC(=O)NCCCc2ccc(O)cc2)cc1. The van der Waals surface area contributed by atoms with Crippen LogP contribution < -0.4 is 10.6 Å². The number of rotatable bonds is 7. The minimum absolute atomic E-state index is 0.0204. The van der Waals surface area contributed by atoms with Crippen LogP contribution in [0.3, 0.4) is 0 Å². The highest BCUT2D eigenvalue weighted by atomic mass is 16.3. The van der Waals surface area contributed by atoms with E-state index >= 15 is 0 Å². The number of nitrogens with one attached hydrogen (secondary N) is 2. The van der Waals surface area contributed by atoms with Gasteiger partial charge in [0, 0.05) is 6.54 Å². The first-order valence-electron chi connectivity index (χ1n) is 8.49. The maximum Gasteiger partial charge on any atom is 0.315 e. The fourth-order valence-corrected chi connectivity index (χ4v) is 2.53. The maximum atomic E-state index is 12.0. The standard InChI is InChI=1S/C20H26N2O2/c1-3-16-6-10-18(11-7-16)15(2)22-20(24)21-14-4-5-17-8-12-19(23)13-9-17/h6-13,15,23H,3-5,14H2,1-2H3,(H2,21,22,24). The molecule has 0 aliphatic heterocycles. The van der Waals surface area contributed by atoms with Gasteiger partial charge in [-0.05, 0) is 55.0 Å². The van der Waals surface area contributed by atoms with Gasteiger partial charge in [-0.15, -0.1) is 0 Å². The molecule has 0 saturated heterocycles. The van der Waals surface area contributed by atoms with Crippen LogP contribution in [0.25, 0.3) is 0 Å². The molecule has 4 nitrogen and oxygen atoms in total. The molecule has 128 valence electrons. The van der Waals surface area contributed by atoms with Crippen LogP contribution in [0.2, 0.25) is 0 Å². The Hall–Kier alpha value is -2.49. The molecule has 2 aromatic carbocycles. The molecule has 1 unspecified atom stereocenters. The molecular weight excluding hydrogens is 300 g/mol. The molecule has 24 heavy (non-hydrogen) atoms. The highest BCUT2D eigenvalue weighted by Crippen LogP contribution is 2.13. The Balaban J connectivity index is 1.69. The summed E-state index contributed by atoms with van der Waals surface area (Å²) in [6.07, 6.45) is 2.75. The van der Waals surface area contributed by atoms with Gasteiger partial charge in [-0.2, -0.15) is 0 Å². The number of hydrogen-bond acceptors (Lipinski definition) is 2. The number of amides is 2. The van der Waals surface area contributed by atoms with Crippen LogP contribution >= 0.6 is 0 Å². The van der Waals surface area contributed by atoms with E-state index in [1.807, 2.05) is 19.1 Å². The van der Waals surface area contributed by atoms with Gasteiger partial charge in [-0.3, -0.25) is 0 Å². The molecule has 2 aromatic rings. The minimum atomic E-state index is -0.146. The summed E-state index contributed by atoms with van der Waals surface area (Å²) >= 11 is 0. The third-order valence-corrected chi connectivity index (χ3v) is 4.10. The molecule has 4 heteroatoms. The predicted molar refractivity (Wildman–Crippen MR) is 97.2 cm³/mol. The second-order valence-corrected chi connectivity index (χ2v) is 5.99. The number of phenolic OH excluding ortho intramolecular Hbond substituents is 1. The Morgan fingerprint density at radius 3 is 2.29 bits per heavy atom. The second kappa shape index (κ2) is 8.96. The lowest BCUT2D eigenvalue weighted by Crippen LogP contribution is -2.37. The average molecular weight is 326 g/mol. The van der Waals surface area contributed by atoms with Crippen molar-refractivity contribution in [3.63, 3.8) is 0 Å². The number of phenols is 1. The molecule has 2 rings (SSSR count). The van der Waals surface area contributed by atoms with E-state index in [0.29, 0.717) is 6.54 Å². The third-order valence-electron chi connectivity index (χ3n) is 4.10. The summed E-state index contributed by atoms with van der Waals surface area (Å²) in [7, 11) is 0. The molecule has 0 aliphatic rings. The molecule has 1 atom stereocenters. The molecule has 0 fully saturated rings. The second-order valence-electron chi connectivity index (χ2n) is 5.99. The molecule has 3 N–H and O–H groups in total. The lowest BCUT2D eigenvalue weighted by molar-refractivity contribution is 0.238. The molecule has 0 radical (unpaired) electrons. The van der Waals surface area contributed by atoms with Gasteiger partial charge in [0.2, 0.25) is 0 Å². The number of carbonyl (C=O) groups is 1. The van der Waals surface area contributed by atoms with E-state index in [4.69, 9.17) is 0 Å². The number of carbonyl (C=O) groups excluding carboxylic acids is 1. The van der Waals surface area contributed by atoms with Gasteiger partial charge in [-0.1, -0.05) is 43.3 Å². The summed E-state index contributed by atoms with van der Waals surface area (Å²) in [5.41, 5.74) is 3.55. The molecule has 0 aromatic heterocycles. The Bertz CT molecular complexity index is 636. The predicted octanol–water partition coefficient (Wildman–Crippen LogP) is 3.95. The topological polar surface area (TPSA) is 61.4 Å². The first-order valence-corrected chi connectivity index (χ1v) is 8.49. The fourth-order valence-electron chi connectivity index (χ4n) is 2.53. The van der Waals surface area contributed by atoms with Crippen molar-refractivity contribution in [3.8, 4) is 5.75 Å². The zero-order valence-corrected chi connectivity index (χ0v) is 14.4. The van der Waals surface area contributed by atoms with Crippen LogP contribution in [-0.2, 0) is 12.8 Å². The van der Waals surface area contributed by atoms with Gasteiger partial charge in [0.25, 0.3) is 0 Å². The minimum Gasteiger partial charge on any atom is -0.508 e.